The summed E-state index contributed by atoms with van der Waals surface area (Å²) in [7, 11) is 0. The standard InChI is InChI=1S/C15H22N2OS/c18-15(5-4-12-7-10-19-11-12)16-13-6-9-17-8-2-1-3-14(13)17/h7,10-11,13-14H,1-6,8-9H2,(H,16,18). The zero-order chi connectivity index (χ0) is 13.1. The summed E-state index contributed by atoms with van der Waals surface area (Å²) >= 11 is 1.70. The second-order valence-electron chi connectivity index (χ2n) is 5.69. The second-order valence-corrected chi connectivity index (χ2v) is 6.47. The number of thiophene rings is 1. The van der Waals surface area contributed by atoms with Gasteiger partial charge in [-0.3, -0.25) is 9.69 Å². The fourth-order valence-corrected chi connectivity index (χ4v) is 4.09. The van der Waals surface area contributed by atoms with Gasteiger partial charge in [0.1, 0.15) is 0 Å². The van der Waals surface area contributed by atoms with E-state index in [4.69, 9.17) is 0 Å². The van der Waals surface area contributed by atoms with Gasteiger partial charge in [0.15, 0.2) is 0 Å². The molecule has 2 aliphatic heterocycles. The molecule has 4 heteroatoms. The van der Waals surface area contributed by atoms with Gasteiger partial charge in [-0.25, -0.2) is 0 Å². The van der Waals surface area contributed by atoms with Crippen LogP contribution in [0.5, 0.6) is 0 Å². The monoisotopic (exact) mass is 278 g/mol. The largest absolute Gasteiger partial charge is 0.352 e. The molecule has 0 spiro atoms. The highest BCUT2D eigenvalue weighted by molar-refractivity contribution is 7.07. The first kappa shape index (κ1) is 13.1. The number of piperidine rings is 1. The van der Waals surface area contributed by atoms with Crippen LogP contribution in [-0.4, -0.2) is 36.0 Å². The van der Waals surface area contributed by atoms with Gasteiger partial charge in [0, 0.05) is 25.0 Å². The average molecular weight is 278 g/mol. The molecule has 104 valence electrons. The van der Waals surface area contributed by atoms with E-state index in [9.17, 15) is 4.79 Å². The molecule has 3 nitrogen and oxygen atoms in total. The molecule has 3 heterocycles. The molecule has 1 aromatic heterocycles. The molecule has 0 aromatic carbocycles. The third-order valence-electron chi connectivity index (χ3n) is 4.42. The molecule has 0 radical (unpaired) electrons. The maximum atomic E-state index is 12.0. The molecule has 1 N–H and O–H groups in total. The van der Waals surface area contributed by atoms with E-state index in [2.05, 4.69) is 27.0 Å². The number of carbonyl (C=O) groups excluding carboxylic acids is 1. The summed E-state index contributed by atoms with van der Waals surface area (Å²) in [5.74, 6) is 0.226. The molecule has 19 heavy (non-hydrogen) atoms. The highest BCUT2D eigenvalue weighted by Gasteiger charge is 2.35. The molecule has 1 aromatic rings. The van der Waals surface area contributed by atoms with Crippen LogP contribution >= 0.6 is 11.3 Å². The van der Waals surface area contributed by atoms with Crippen LogP contribution in [-0.2, 0) is 11.2 Å². The summed E-state index contributed by atoms with van der Waals surface area (Å²) in [6.07, 6.45) is 6.54. The van der Waals surface area contributed by atoms with Crippen LogP contribution < -0.4 is 5.32 Å². The SMILES string of the molecule is O=C(CCc1ccsc1)NC1CCN2CCCCC12. The van der Waals surface area contributed by atoms with Crippen molar-refractivity contribution in [3.8, 4) is 0 Å². The maximum absolute atomic E-state index is 12.0. The zero-order valence-electron chi connectivity index (χ0n) is 11.3. The van der Waals surface area contributed by atoms with E-state index in [1.165, 1.54) is 37.9 Å². The minimum absolute atomic E-state index is 0.226. The van der Waals surface area contributed by atoms with Gasteiger partial charge in [-0.1, -0.05) is 6.42 Å². The third kappa shape index (κ3) is 3.18. The predicted octanol–water partition coefficient (Wildman–Crippen LogP) is 2.42. The Morgan fingerprint density at radius 3 is 3.16 bits per heavy atom. The van der Waals surface area contributed by atoms with Gasteiger partial charge in [-0.15, -0.1) is 0 Å². The Balaban J connectivity index is 1.47. The molecule has 2 atom stereocenters. The number of amides is 1. The first-order valence-electron chi connectivity index (χ1n) is 7.37. The minimum Gasteiger partial charge on any atom is -0.352 e. The van der Waals surface area contributed by atoms with Gasteiger partial charge in [0.2, 0.25) is 5.91 Å². The van der Waals surface area contributed by atoms with Gasteiger partial charge in [-0.2, -0.15) is 11.3 Å². The van der Waals surface area contributed by atoms with Crippen LogP contribution in [0.3, 0.4) is 0 Å². The lowest BCUT2D eigenvalue weighted by atomic mass is 9.99. The number of hydrogen-bond acceptors (Lipinski definition) is 3. The van der Waals surface area contributed by atoms with Crippen molar-refractivity contribution in [3.05, 3.63) is 22.4 Å². The maximum Gasteiger partial charge on any atom is 0.220 e. The molecule has 0 bridgehead atoms. The van der Waals surface area contributed by atoms with Crippen molar-refractivity contribution in [2.24, 2.45) is 0 Å². The van der Waals surface area contributed by atoms with E-state index in [0.717, 1.165) is 12.8 Å². The summed E-state index contributed by atoms with van der Waals surface area (Å²) in [5.41, 5.74) is 1.28. The summed E-state index contributed by atoms with van der Waals surface area (Å²) in [6.45, 7) is 2.39. The number of rotatable bonds is 4. The number of nitrogens with zero attached hydrogens (tertiary/aromatic N) is 1. The molecule has 2 unspecified atom stereocenters. The zero-order valence-corrected chi connectivity index (χ0v) is 12.1. The molecule has 2 fully saturated rings. The lowest BCUT2D eigenvalue weighted by molar-refractivity contribution is -0.122. The van der Waals surface area contributed by atoms with Crippen molar-refractivity contribution in [1.82, 2.24) is 10.2 Å². The van der Waals surface area contributed by atoms with Crippen LogP contribution in [0.15, 0.2) is 16.8 Å². The van der Waals surface area contributed by atoms with Crippen molar-refractivity contribution in [2.45, 2.75) is 50.6 Å². The first-order chi connectivity index (χ1) is 9.33. The van der Waals surface area contributed by atoms with Crippen LogP contribution in [0.4, 0.5) is 0 Å². The van der Waals surface area contributed by atoms with Crippen molar-refractivity contribution >= 4 is 17.2 Å². The van der Waals surface area contributed by atoms with Crippen LogP contribution in [0.1, 0.15) is 37.7 Å². The lowest BCUT2D eigenvalue weighted by Gasteiger charge is -2.32. The molecule has 3 rings (SSSR count). The van der Waals surface area contributed by atoms with Gasteiger partial charge < -0.3 is 5.32 Å². The van der Waals surface area contributed by atoms with Gasteiger partial charge in [0.05, 0.1) is 0 Å². The number of nitrogens with one attached hydrogen (secondary N) is 1. The van der Waals surface area contributed by atoms with Crippen molar-refractivity contribution < 1.29 is 4.79 Å². The molecule has 0 aliphatic carbocycles. The lowest BCUT2D eigenvalue weighted by Crippen LogP contribution is -2.46. The van der Waals surface area contributed by atoms with Crippen molar-refractivity contribution in [3.63, 3.8) is 0 Å². The average Bonchev–Trinajstić information content (AvgIpc) is 3.07. The molecule has 2 aliphatic rings. The summed E-state index contributed by atoms with van der Waals surface area (Å²) in [4.78, 5) is 14.6. The highest BCUT2D eigenvalue weighted by atomic mass is 32.1. The summed E-state index contributed by atoms with van der Waals surface area (Å²) in [5, 5.41) is 7.47. The van der Waals surface area contributed by atoms with Crippen LogP contribution in [0.2, 0.25) is 0 Å². The topological polar surface area (TPSA) is 32.3 Å². The van der Waals surface area contributed by atoms with Gasteiger partial charge >= 0.3 is 0 Å². The van der Waals surface area contributed by atoms with E-state index < -0.39 is 0 Å². The van der Waals surface area contributed by atoms with Crippen LogP contribution in [0, 0.1) is 0 Å². The van der Waals surface area contributed by atoms with E-state index in [1.54, 1.807) is 11.3 Å². The Morgan fingerprint density at radius 1 is 1.37 bits per heavy atom. The Bertz CT molecular complexity index is 418. The number of carbonyl (C=O) groups is 1. The van der Waals surface area contributed by atoms with Gasteiger partial charge in [0.25, 0.3) is 0 Å². The molecule has 1 amide bonds. The molecular formula is C15H22N2OS. The Morgan fingerprint density at radius 2 is 2.32 bits per heavy atom. The van der Waals surface area contributed by atoms with Gasteiger partial charge in [-0.05, 0) is 54.6 Å². The third-order valence-corrected chi connectivity index (χ3v) is 5.16. The number of aryl methyl sites for hydroxylation is 1. The van der Waals surface area contributed by atoms with E-state index in [1.807, 2.05) is 0 Å². The van der Waals surface area contributed by atoms with Crippen LogP contribution in [0.25, 0.3) is 0 Å². The fourth-order valence-electron chi connectivity index (χ4n) is 3.39. The van der Waals surface area contributed by atoms with E-state index in [0.29, 0.717) is 18.5 Å². The Kier molecular flexibility index (Phi) is 4.18. The first-order valence-corrected chi connectivity index (χ1v) is 8.32. The normalized spacial score (nSPS) is 27.2. The smallest absolute Gasteiger partial charge is 0.220 e. The Labute approximate surface area is 119 Å². The molecular weight excluding hydrogens is 256 g/mol. The predicted molar refractivity (Wildman–Crippen MR) is 78.4 cm³/mol. The summed E-state index contributed by atoms with van der Waals surface area (Å²) < 4.78 is 0. The Hall–Kier alpha value is -0.870. The quantitative estimate of drug-likeness (QED) is 0.917. The van der Waals surface area contributed by atoms with E-state index in [-0.39, 0.29) is 5.91 Å². The molecule has 2 saturated heterocycles. The highest BCUT2D eigenvalue weighted by Crippen LogP contribution is 2.27. The number of fused-ring (bicyclic) bond motifs is 1. The van der Waals surface area contributed by atoms with Crippen molar-refractivity contribution in [1.29, 1.82) is 0 Å². The molecule has 0 saturated carbocycles. The second kappa shape index (κ2) is 6.06. The van der Waals surface area contributed by atoms with E-state index >= 15 is 0 Å². The summed E-state index contributed by atoms with van der Waals surface area (Å²) in [6, 6.07) is 3.12. The van der Waals surface area contributed by atoms with Crippen molar-refractivity contribution in [2.75, 3.05) is 13.1 Å². The minimum atomic E-state index is 0.226. The number of hydrogen-bond donors (Lipinski definition) is 1. The fraction of sp³-hybridized carbons (Fsp3) is 0.667.